The van der Waals surface area contributed by atoms with Gasteiger partial charge in [0, 0.05) is 6.42 Å². The van der Waals surface area contributed by atoms with E-state index in [1.54, 1.807) is 4.90 Å². The quantitative estimate of drug-likeness (QED) is 0.788. The Labute approximate surface area is 111 Å². The third kappa shape index (κ3) is 4.02. The van der Waals surface area contributed by atoms with Crippen LogP contribution in [0.5, 0.6) is 5.75 Å². The molecule has 100 valence electrons. The summed E-state index contributed by atoms with van der Waals surface area (Å²) >= 11 is 0. The van der Waals surface area contributed by atoms with Crippen molar-refractivity contribution in [2.45, 2.75) is 33.1 Å². The molecule has 0 radical (unpaired) electrons. The van der Waals surface area contributed by atoms with E-state index in [1.807, 2.05) is 6.07 Å². The standard InChI is InChI=1S/C16H25NO/c1-14-8-11-17(12-9-14)10-5-13-18-16-7-4-3-6-15(16)2/h3-4,6-7,14H,5,8-13H2,1-2H3/p+1. The number of likely N-dealkylation sites (tertiary alicyclic amines) is 1. The van der Waals surface area contributed by atoms with Gasteiger partial charge < -0.3 is 9.64 Å². The number of para-hydroxylation sites is 1. The molecule has 0 unspecified atom stereocenters. The topological polar surface area (TPSA) is 13.7 Å². The summed E-state index contributed by atoms with van der Waals surface area (Å²) in [7, 11) is 0. The van der Waals surface area contributed by atoms with E-state index < -0.39 is 0 Å². The molecule has 1 aliphatic heterocycles. The molecule has 18 heavy (non-hydrogen) atoms. The van der Waals surface area contributed by atoms with Crippen molar-refractivity contribution in [3.8, 4) is 5.75 Å². The van der Waals surface area contributed by atoms with Gasteiger partial charge in [0.15, 0.2) is 0 Å². The predicted octanol–water partition coefficient (Wildman–Crippen LogP) is 2.08. The van der Waals surface area contributed by atoms with E-state index in [0.717, 1.165) is 24.7 Å². The number of quaternary nitrogens is 1. The molecule has 0 amide bonds. The summed E-state index contributed by atoms with van der Waals surface area (Å²) in [5, 5.41) is 0. The van der Waals surface area contributed by atoms with Crippen LogP contribution in [-0.4, -0.2) is 26.2 Å². The molecular formula is C16H26NO+. The van der Waals surface area contributed by atoms with Crippen molar-refractivity contribution in [2.24, 2.45) is 5.92 Å². The maximum absolute atomic E-state index is 5.84. The van der Waals surface area contributed by atoms with E-state index in [4.69, 9.17) is 4.74 Å². The second kappa shape index (κ2) is 6.79. The van der Waals surface area contributed by atoms with Crippen LogP contribution in [0.3, 0.4) is 0 Å². The molecule has 0 atom stereocenters. The van der Waals surface area contributed by atoms with Crippen molar-refractivity contribution in [3.05, 3.63) is 29.8 Å². The van der Waals surface area contributed by atoms with Gasteiger partial charge in [-0.3, -0.25) is 0 Å². The molecule has 0 spiro atoms. The molecule has 0 aromatic heterocycles. The number of piperidine rings is 1. The normalized spacial score (nSPS) is 23.9. The molecule has 2 heteroatoms. The highest BCUT2D eigenvalue weighted by atomic mass is 16.5. The van der Waals surface area contributed by atoms with Crippen molar-refractivity contribution in [3.63, 3.8) is 0 Å². The molecule has 1 N–H and O–H groups in total. The Morgan fingerprint density at radius 3 is 2.67 bits per heavy atom. The minimum Gasteiger partial charge on any atom is -0.493 e. The fourth-order valence-electron chi connectivity index (χ4n) is 2.64. The fourth-order valence-corrected chi connectivity index (χ4v) is 2.64. The Balaban J connectivity index is 1.63. The molecule has 1 saturated heterocycles. The average Bonchev–Trinajstić information content (AvgIpc) is 2.39. The zero-order valence-corrected chi connectivity index (χ0v) is 11.7. The summed E-state index contributed by atoms with van der Waals surface area (Å²) in [4.78, 5) is 1.77. The molecule has 1 aromatic rings. The fraction of sp³-hybridized carbons (Fsp3) is 0.625. The number of rotatable bonds is 5. The van der Waals surface area contributed by atoms with Crippen LogP contribution in [0.1, 0.15) is 31.7 Å². The van der Waals surface area contributed by atoms with Gasteiger partial charge in [-0.25, -0.2) is 0 Å². The predicted molar refractivity (Wildman–Crippen MR) is 75.3 cm³/mol. The zero-order valence-electron chi connectivity index (χ0n) is 11.7. The van der Waals surface area contributed by atoms with Crippen LogP contribution in [0.15, 0.2) is 24.3 Å². The Bertz CT molecular complexity index is 356. The number of aryl methyl sites for hydroxylation is 1. The number of nitrogens with one attached hydrogen (secondary N) is 1. The number of hydrogen-bond donors (Lipinski definition) is 1. The highest BCUT2D eigenvalue weighted by Gasteiger charge is 2.17. The molecule has 2 nitrogen and oxygen atoms in total. The van der Waals surface area contributed by atoms with Crippen molar-refractivity contribution in [2.75, 3.05) is 26.2 Å². The first kappa shape index (κ1) is 13.4. The van der Waals surface area contributed by atoms with Gasteiger partial charge in [-0.2, -0.15) is 0 Å². The lowest BCUT2D eigenvalue weighted by atomic mass is 9.99. The van der Waals surface area contributed by atoms with E-state index in [2.05, 4.69) is 32.0 Å². The van der Waals surface area contributed by atoms with Crippen molar-refractivity contribution in [1.29, 1.82) is 0 Å². The minimum absolute atomic E-state index is 0.851. The van der Waals surface area contributed by atoms with E-state index in [0.29, 0.717) is 0 Å². The lowest BCUT2D eigenvalue weighted by Crippen LogP contribution is -3.13. The Kier molecular flexibility index (Phi) is 5.06. The molecule has 0 aliphatic carbocycles. The number of hydrogen-bond acceptors (Lipinski definition) is 1. The highest BCUT2D eigenvalue weighted by molar-refractivity contribution is 5.31. The van der Waals surface area contributed by atoms with E-state index >= 15 is 0 Å². The maximum Gasteiger partial charge on any atom is 0.122 e. The Morgan fingerprint density at radius 1 is 1.22 bits per heavy atom. The van der Waals surface area contributed by atoms with Crippen molar-refractivity contribution >= 4 is 0 Å². The van der Waals surface area contributed by atoms with Gasteiger partial charge in [-0.15, -0.1) is 0 Å². The van der Waals surface area contributed by atoms with Gasteiger partial charge in [0.05, 0.1) is 26.2 Å². The monoisotopic (exact) mass is 248 g/mol. The molecule has 1 heterocycles. The van der Waals surface area contributed by atoms with Crippen LogP contribution in [-0.2, 0) is 0 Å². The van der Waals surface area contributed by atoms with Crippen LogP contribution in [0.4, 0.5) is 0 Å². The van der Waals surface area contributed by atoms with Gasteiger partial charge in [-0.1, -0.05) is 25.1 Å². The second-order valence-corrected chi connectivity index (χ2v) is 5.65. The second-order valence-electron chi connectivity index (χ2n) is 5.65. The van der Waals surface area contributed by atoms with Crippen LogP contribution < -0.4 is 9.64 Å². The third-order valence-electron chi connectivity index (χ3n) is 4.01. The molecule has 0 bridgehead atoms. The first-order chi connectivity index (χ1) is 8.75. The largest absolute Gasteiger partial charge is 0.493 e. The lowest BCUT2D eigenvalue weighted by molar-refractivity contribution is -0.906. The van der Waals surface area contributed by atoms with Crippen molar-refractivity contribution < 1.29 is 9.64 Å². The highest BCUT2D eigenvalue weighted by Crippen LogP contribution is 2.15. The number of ether oxygens (including phenoxy) is 1. The summed E-state index contributed by atoms with van der Waals surface area (Å²) in [6.07, 6.45) is 3.96. The summed E-state index contributed by atoms with van der Waals surface area (Å²) in [5.74, 6) is 1.98. The summed E-state index contributed by atoms with van der Waals surface area (Å²) in [6, 6.07) is 8.26. The third-order valence-corrected chi connectivity index (χ3v) is 4.01. The number of benzene rings is 1. The van der Waals surface area contributed by atoms with E-state index in [9.17, 15) is 0 Å². The van der Waals surface area contributed by atoms with Crippen LogP contribution in [0.2, 0.25) is 0 Å². The van der Waals surface area contributed by atoms with E-state index in [1.165, 1.54) is 38.0 Å². The molecule has 1 aromatic carbocycles. The summed E-state index contributed by atoms with van der Waals surface area (Å²) < 4.78 is 5.84. The first-order valence-corrected chi connectivity index (χ1v) is 7.27. The van der Waals surface area contributed by atoms with E-state index in [-0.39, 0.29) is 0 Å². The SMILES string of the molecule is Cc1ccccc1OCCC[NH+]1CCC(C)CC1. The van der Waals surface area contributed by atoms with Gasteiger partial charge >= 0.3 is 0 Å². The van der Waals surface area contributed by atoms with Crippen molar-refractivity contribution in [1.82, 2.24) is 0 Å². The molecule has 2 rings (SSSR count). The van der Waals surface area contributed by atoms with Crippen LogP contribution in [0, 0.1) is 12.8 Å². The first-order valence-electron chi connectivity index (χ1n) is 7.27. The smallest absolute Gasteiger partial charge is 0.122 e. The molecule has 1 aliphatic rings. The van der Waals surface area contributed by atoms with Gasteiger partial charge in [0.25, 0.3) is 0 Å². The van der Waals surface area contributed by atoms with Gasteiger partial charge in [-0.05, 0) is 37.3 Å². The lowest BCUT2D eigenvalue weighted by Gasteiger charge is -2.27. The summed E-state index contributed by atoms with van der Waals surface area (Å²) in [6.45, 7) is 9.30. The minimum atomic E-state index is 0.851. The maximum atomic E-state index is 5.84. The van der Waals surface area contributed by atoms with Crippen LogP contribution >= 0.6 is 0 Å². The molecule has 1 fully saturated rings. The Morgan fingerprint density at radius 2 is 1.94 bits per heavy atom. The van der Waals surface area contributed by atoms with Crippen LogP contribution in [0.25, 0.3) is 0 Å². The zero-order chi connectivity index (χ0) is 12.8. The average molecular weight is 248 g/mol. The molecule has 0 saturated carbocycles. The van der Waals surface area contributed by atoms with Gasteiger partial charge in [0.2, 0.25) is 0 Å². The summed E-state index contributed by atoms with van der Waals surface area (Å²) in [5.41, 5.74) is 1.23. The Hall–Kier alpha value is -1.02. The van der Waals surface area contributed by atoms with Gasteiger partial charge in [0.1, 0.15) is 5.75 Å². The molecular weight excluding hydrogens is 222 g/mol.